The number of aromatic nitrogens is 2. The molecule has 0 bridgehead atoms. The Balaban J connectivity index is 1.87. The number of urea groups is 1. The topological polar surface area (TPSA) is 75.2 Å². The van der Waals surface area contributed by atoms with Crippen molar-refractivity contribution in [2.45, 2.75) is 32.1 Å². The van der Waals surface area contributed by atoms with Gasteiger partial charge in [-0.25, -0.2) is 14.8 Å². The zero-order valence-corrected chi connectivity index (χ0v) is 14.0. The van der Waals surface area contributed by atoms with Crippen LogP contribution in [0, 0.1) is 6.92 Å². The number of rotatable bonds is 3. The van der Waals surface area contributed by atoms with E-state index in [0.29, 0.717) is 11.5 Å². The molecule has 1 unspecified atom stereocenters. The Morgan fingerprint density at radius 1 is 1.15 bits per heavy atom. The van der Waals surface area contributed by atoms with Crippen molar-refractivity contribution < 1.29 is 22.8 Å². The Hall–Kier alpha value is -2.97. The van der Waals surface area contributed by atoms with Gasteiger partial charge in [0.1, 0.15) is 11.4 Å². The number of carbonyl (C=O) groups excluding carboxylic acids is 2. The lowest BCUT2D eigenvalue weighted by atomic mass is 9.91. The molecule has 9 heteroatoms. The third kappa shape index (κ3) is 3.12. The molecule has 1 saturated heterocycles. The van der Waals surface area contributed by atoms with E-state index in [9.17, 15) is 22.8 Å². The summed E-state index contributed by atoms with van der Waals surface area (Å²) in [4.78, 5) is 34.1. The van der Waals surface area contributed by atoms with Crippen LogP contribution in [0.1, 0.15) is 29.6 Å². The molecule has 1 aliphatic rings. The van der Waals surface area contributed by atoms with Crippen LogP contribution < -0.4 is 5.32 Å². The van der Waals surface area contributed by atoms with Crippen LogP contribution >= 0.6 is 0 Å². The smallest absolute Gasteiger partial charge is 0.319 e. The van der Waals surface area contributed by atoms with Gasteiger partial charge >= 0.3 is 12.2 Å². The zero-order valence-electron chi connectivity index (χ0n) is 14.0. The number of alkyl halides is 3. The van der Waals surface area contributed by atoms with Crippen LogP contribution in [0.4, 0.5) is 18.0 Å². The maximum atomic E-state index is 12.8. The normalized spacial score (nSPS) is 20.4. The number of nitrogens with zero attached hydrogens (tertiary/aromatic N) is 3. The second-order valence-corrected chi connectivity index (χ2v) is 6.12. The number of hydrogen-bond donors (Lipinski definition) is 1. The van der Waals surface area contributed by atoms with E-state index in [1.807, 2.05) is 0 Å². The van der Waals surface area contributed by atoms with E-state index in [1.54, 1.807) is 13.0 Å². The predicted octanol–water partition coefficient (Wildman–Crippen LogP) is 2.77. The quantitative estimate of drug-likeness (QED) is 0.850. The number of carbonyl (C=O) groups is 2. The minimum absolute atomic E-state index is 0.0513. The minimum atomic E-state index is -4.47. The van der Waals surface area contributed by atoms with Crippen LogP contribution in [0.15, 0.2) is 36.5 Å². The molecule has 136 valence electrons. The average Bonchev–Trinajstić information content (AvgIpc) is 2.79. The summed E-state index contributed by atoms with van der Waals surface area (Å²) < 4.78 is 38.1. The van der Waals surface area contributed by atoms with Crippen molar-refractivity contribution in [2.75, 3.05) is 0 Å². The highest BCUT2D eigenvalue weighted by Gasteiger charge is 2.49. The molecule has 2 heterocycles. The summed E-state index contributed by atoms with van der Waals surface area (Å²) in [6, 6.07) is 5.11. The lowest BCUT2D eigenvalue weighted by Gasteiger charge is -2.22. The molecule has 1 aromatic carbocycles. The summed E-state index contributed by atoms with van der Waals surface area (Å²) in [6.45, 7) is 3.09. The molecule has 0 radical (unpaired) electrons. The fourth-order valence-electron chi connectivity index (χ4n) is 2.78. The first-order chi connectivity index (χ1) is 12.1. The largest absolute Gasteiger partial charge is 0.416 e. The van der Waals surface area contributed by atoms with Gasteiger partial charge in [-0.15, -0.1) is 0 Å². The first kappa shape index (κ1) is 17.8. The van der Waals surface area contributed by atoms with Gasteiger partial charge < -0.3 is 5.32 Å². The molecular weight excluding hydrogens is 349 g/mol. The fraction of sp³-hybridized carbons (Fsp3) is 0.294. The molecule has 2 aromatic rings. The van der Waals surface area contributed by atoms with E-state index in [-0.39, 0.29) is 12.1 Å². The highest BCUT2D eigenvalue weighted by Crippen LogP contribution is 2.33. The fourth-order valence-corrected chi connectivity index (χ4v) is 2.78. The first-order valence-electron chi connectivity index (χ1n) is 7.71. The summed E-state index contributed by atoms with van der Waals surface area (Å²) in [6.07, 6.45) is -2.95. The molecular formula is C17H15F3N4O2. The lowest BCUT2D eigenvalue weighted by molar-refractivity contribution is -0.137. The van der Waals surface area contributed by atoms with Crippen molar-refractivity contribution >= 4 is 11.9 Å². The number of amides is 3. The monoisotopic (exact) mass is 364 g/mol. The average molecular weight is 364 g/mol. The standard InChI is InChI=1S/C17H15F3N4O2/c1-10-21-8-7-13(22-10)9-24-14(25)16(2,23-15(24)26)11-3-5-12(6-4-11)17(18,19)20/h3-8H,9H2,1-2H3,(H,23,26). The van der Waals surface area contributed by atoms with Gasteiger partial charge in [-0.3, -0.25) is 9.69 Å². The van der Waals surface area contributed by atoms with Crippen LogP contribution in [0.25, 0.3) is 0 Å². The molecule has 0 spiro atoms. The summed E-state index contributed by atoms with van der Waals surface area (Å²) in [5.74, 6) is -0.0569. The number of halogens is 3. The second-order valence-electron chi connectivity index (χ2n) is 6.12. The van der Waals surface area contributed by atoms with Crippen LogP contribution in [0.2, 0.25) is 0 Å². The molecule has 0 aliphatic carbocycles. The number of hydrogen-bond acceptors (Lipinski definition) is 4. The number of benzene rings is 1. The van der Waals surface area contributed by atoms with Gasteiger partial charge in [0, 0.05) is 6.20 Å². The molecule has 1 N–H and O–H groups in total. The Bertz CT molecular complexity index is 867. The number of nitrogens with one attached hydrogen (secondary N) is 1. The van der Waals surface area contributed by atoms with Crippen LogP contribution in [-0.2, 0) is 23.1 Å². The third-order valence-corrected chi connectivity index (χ3v) is 4.22. The molecule has 1 aromatic heterocycles. The van der Waals surface area contributed by atoms with Gasteiger partial charge in [0.25, 0.3) is 5.91 Å². The number of aryl methyl sites for hydroxylation is 1. The first-order valence-corrected chi connectivity index (χ1v) is 7.71. The van der Waals surface area contributed by atoms with Crippen molar-refractivity contribution in [1.82, 2.24) is 20.2 Å². The molecule has 1 fully saturated rings. The summed E-state index contributed by atoms with van der Waals surface area (Å²) >= 11 is 0. The molecule has 1 aliphatic heterocycles. The van der Waals surface area contributed by atoms with E-state index >= 15 is 0 Å². The Morgan fingerprint density at radius 3 is 2.38 bits per heavy atom. The van der Waals surface area contributed by atoms with Gasteiger partial charge in [-0.05, 0) is 37.6 Å². The third-order valence-electron chi connectivity index (χ3n) is 4.22. The van der Waals surface area contributed by atoms with Crippen LogP contribution in [0.5, 0.6) is 0 Å². The van der Waals surface area contributed by atoms with Gasteiger partial charge in [-0.2, -0.15) is 13.2 Å². The predicted molar refractivity (Wildman–Crippen MR) is 84.6 cm³/mol. The molecule has 1 atom stereocenters. The maximum absolute atomic E-state index is 12.8. The summed E-state index contributed by atoms with van der Waals surface area (Å²) in [7, 11) is 0. The van der Waals surface area contributed by atoms with Crippen molar-refractivity contribution in [2.24, 2.45) is 0 Å². The molecule has 26 heavy (non-hydrogen) atoms. The highest BCUT2D eigenvalue weighted by atomic mass is 19.4. The van der Waals surface area contributed by atoms with Gasteiger partial charge in [0.2, 0.25) is 0 Å². The van der Waals surface area contributed by atoms with Gasteiger partial charge in [0.15, 0.2) is 0 Å². The van der Waals surface area contributed by atoms with E-state index in [2.05, 4.69) is 15.3 Å². The molecule has 6 nitrogen and oxygen atoms in total. The maximum Gasteiger partial charge on any atom is 0.416 e. The molecule has 0 saturated carbocycles. The van der Waals surface area contributed by atoms with Crippen LogP contribution in [0.3, 0.4) is 0 Å². The van der Waals surface area contributed by atoms with Gasteiger partial charge in [0.05, 0.1) is 17.8 Å². The minimum Gasteiger partial charge on any atom is -0.319 e. The van der Waals surface area contributed by atoms with E-state index in [4.69, 9.17) is 0 Å². The van der Waals surface area contributed by atoms with Crippen molar-refractivity contribution in [1.29, 1.82) is 0 Å². The van der Waals surface area contributed by atoms with Crippen molar-refractivity contribution in [3.63, 3.8) is 0 Å². The molecule has 3 rings (SSSR count). The van der Waals surface area contributed by atoms with Crippen LogP contribution in [-0.4, -0.2) is 26.8 Å². The zero-order chi connectivity index (χ0) is 19.1. The summed E-state index contributed by atoms with van der Waals surface area (Å²) in [5.41, 5.74) is -1.51. The van der Waals surface area contributed by atoms with Gasteiger partial charge in [-0.1, -0.05) is 12.1 Å². The van der Waals surface area contributed by atoms with E-state index < -0.39 is 29.2 Å². The Labute approximate surface area is 147 Å². The van der Waals surface area contributed by atoms with Crippen molar-refractivity contribution in [3.05, 3.63) is 59.2 Å². The SMILES string of the molecule is Cc1nccc(CN2C(=O)NC(C)(c3ccc(C(F)(F)F)cc3)C2=O)n1. The highest BCUT2D eigenvalue weighted by molar-refractivity contribution is 6.07. The van der Waals surface area contributed by atoms with E-state index in [1.165, 1.54) is 25.3 Å². The molecule has 3 amide bonds. The van der Waals surface area contributed by atoms with E-state index in [0.717, 1.165) is 17.0 Å². The Kier molecular flexibility index (Phi) is 4.17. The summed E-state index contributed by atoms with van der Waals surface area (Å²) in [5, 5.41) is 2.55. The second kappa shape index (κ2) is 6.08. The van der Waals surface area contributed by atoms with Crippen molar-refractivity contribution in [3.8, 4) is 0 Å². The Morgan fingerprint density at radius 2 is 1.81 bits per heavy atom. The lowest BCUT2D eigenvalue weighted by Crippen LogP contribution is -2.40. The number of imide groups is 1.